The molecule has 0 unspecified atom stereocenters. The minimum atomic E-state index is -0.672. The Hall–Kier alpha value is -3.68. The number of pyridine rings is 1. The van der Waals surface area contributed by atoms with E-state index in [9.17, 15) is 14.4 Å². The zero-order chi connectivity index (χ0) is 22.5. The maximum Gasteiger partial charge on any atom is 0.330 e. The summed E-state index contributed by atoms with van der Waals surface area (Å²) in [6, 6.07) is 13.1. The summed E-state index contributed by atoms with van der Waals surface area (Å²) >= 11 is 0. The Bertz CT molecular complexity index is 1160. The molecule has 3 aromatic rings. The molecule has 0 aliphatic heterocycles. The maximum atomic E-state index is 13.2. The van der Waals surface area contributed by atoms with E-state index < -0.39 is 11.2 Å². The summed E-state index contributed by atoms with van der Waals surface area (Å²) in [4.78, 5) is 42.1. The van der Waals surface area contributed by atoms with Gasteiger partial charge < -0.3 is 5.73 Å². The van der Waals surface area contributed by atoms with E-state index in [2.05, 4.69) is 4.98 Å². The molecule has 8 nitrogen and oxygen atoms in total. The molecule has 0 atom stereocenters. The molecule has 162 valence electrons. The molecule has 1 aromatic carbocycles. The molecule has 0 aliphatic rings. The second kappa shape index (κ2) is 9.42. The number of nitrogens with one attached hydrogen (secondary N) is 1. The standard InChI is InChI=1S/C23H27N5O3/c1-16(2)13-27(19(29)15-26-11-9-17(3)10-12-26)20-21(24)28(23(31)25-22(20)30)14-18-7-5-4-6-8-18/h4-12,16H,13-15H2,1-3H3,(H2-,24,25,30,31)/p+1. The van der Waals surface area contributed by atoms with Crippen LogP contribution in [0.1, 0.15) is 25.0 Å². The Morgan fingerprint density at radius 2 is 1.77 bits per heavy atom. The number of benzene rings is 1. The summed E-state index contributed by atoms with van der Waals surface area (Å²) in [5, 5.41) is 0. The number of aryl methyl sites for hydroxylation is 1. The van der Waals surface area contributed by atoms with Gasteiger partial charge in [-0.3, -0.25) is 24.0 Å². The van der Waals surface area contributed by atoms with Gasteiger partial charge in [0.2, 0.25) is 6.54 Å². The van der Waals surface area contributed by atoms with Crippen molar-refractivity contribution in [1.82, 2.24) is 9.55 Å². The van der Waals surface area contributed by atoms with E-state index in [0.29, 0.717) is 6.54 Å². The van der Waals surface area contributed by atoms with Crippen LogP contribution in [0.2, 0.25) is 0 Å². The smallest absolute Gasteiger partial charge is 0.330 e. The van der Waals surface area contributed by atoms with Crippen LogP contribution in [-0.2, 0) is 17.9 Å². The summed E-state index contributed by atoms with van der Waals surface area (Å²) in [5.41, 5.74) is 6.95. The molecule has 0 bridgehead atoms. The van der Waals surface area contributed by atoms with Gasteiger partial charge in [-0.1, -0.05) is 44.2 Å². The largest absolute Gasteiger partial charge is 0.383 e. The number of anilines is 2. The van der Waals surface area contributed by atoms with Gasteiger partial charge in [0.15, 0.2) is 18.1 Å². The Balaban J connectivity index is 2.03. The fourth-order valence-corrected chi connectivity index (χ4v) is 3.32. The fourth-order valence-electron chi connectivity index (χ4n) is 3.32. The lowest BCUT2D eigenvalue weighted by Gasteiger charge is -2.25. The molecule has 0 aliphatic carbocycles. The van der Waals surface area contributed by atoms with Crippen molar-refractivity contribution in [2.45, 2.75) is 33.9 Å². The molecule has 0 spiro atoms. The van der Waals surface area contributed by atoms with Crippen LogP contribution in [0.5, 0.6) is 0 Å². The number of amides is 1. The van der Waals surface area contributed by atoms with Gasteiger partial charge in [0, 0.05) is 18.7 Å². The normalized spacial score (nSPS) is 11.0. The average Bonchev–Trinajstić information content (AvgIpc) is 2.72. The lowest BCUT2D eigenvalue weighted by Crippen LogP contribution is -2.48. The van der Waals surface area contributed by atoms with Crippen LogP contribution in [0.25, 0.3) is 0 Å². The third kappa shape index (κ3) is 5.28. The van der Waals surface area contributed by atoms with Crippen LogP contribution in [0, 0.1) is 12.8 Å². The minimum absolute atomic E-state index is 0.00180. The minimum Gasteiger partial charge on any atom is -0.383 e. The second-order valence-electron chi connectivity index (χ2n) is 8.01. The van der Waals surface area contributed by atoms with Crippen molar-refractivity contribution in [1.29, 1.82) is 0 Å². The first-order chi connectivity index (χ1) is 14.8. The predicted octanol–water partition coefficient (Wildman–Crippen LogP) is 1.45. The van der Waals surface area contributed by atoms with Crippen LogP contribution in [0.15, 0.2) is 64.4 Å². The van der Waals surface area contributed by atoms with Crippen molar-refractivity contribution in [3.8, 4) is 0 Å². The monoisotopic (exact) mass is 422 g/mol. The van der Waals surface area contributed by atoms with Crippen LogP contribution in [0.3, 0.4) is 0 Å². The highest BCUT2D eigenvalue weighted by atomic mass is 16.2. The zero-order valence-corrected chi connectivity index (χ0v) is 18.0. The lowest BCUT2D eigenvalue weighted by atomic mass is 10.2. The quantitative estimate of drug-likeness (QED) is 0.562. The molecule has 0 saturated carbocycles. The maximum absolute atomic E-state index is 13.2. The van der Waals surface area contributed by atoms with Gasteiger partial charge in [0.25, 0.3) is 11.5 Å². The zero-order valence-electron chi connectivity index (χ0n) is 18.0. The van der Waals surface area contributed by atoms with E-state index in [4.69, 9.17) is 5.73 Å². The first-order valence-corrected chi connectivity index (χ1v) is 10.2. The van der Waals surface area contributed by atoms with Gasteiger partial charge in [0.05, 0.1) is 6.54 Å². The molecule has 0 radical (unpaired) electrons. The number of hydrogen-bond acceptors (Lipinski definition) is 4. The van der Waals surface area contributed by atoms with Crippen molar-refractivity contribution in [3.05, 3.63) is 86.8 Å². The van der Waals surface area contributed by atoms with Crippen molar-refractivity contribution in [2.75, 3.05) is 17.2 Å². The number of hydrogen-bond donors (Lipinski definition) is 2. The first-order valence-electron chi connectivity index (χ1n) is 10.2. The van der Waals surface area contributed by atoms with Crippen LogP contribution in [0.4, 0.5) is 11.5 Å². The number of nitrogens with zero attached hydrogens (tertiary/aromatic N) is 3. The summed E-state index contributed by atoms with van der Waals surface area (Å²) in [7, 11) is 0. The predicted molar refractivity (Wildman–Crippen MR) is 120 cm³/mol. The second-order valence-corrected chi connectivity index (χ2v) is 8.01. The third-order valence-electron chi connectivity index (χ3n) is 4.89. The van der Waals surface area contributed by atoms with Gasteiger partial charge in [0.1, 0.15) is 5.82 Å². The van der Waals surface area contributed by atoms with Gasteiger partial charge in [-0.2, -0.15) is 4.57 Å². The summed E-state index contributed by atoms with van der Waals surface area (Å²) in [5.74, 6) is -0.231. The fraction of sp³-hybridized carbons (Fsp3) is 0.304. The molecule has 0 saturated heterocycles. The molecule has 0 fully saturated rings. The number of carbonyl (C=O) groups is 1. The molecule has 3 N–H and O–H groups in total. The lowest BCUT2D eigenvalue weighted by molar-refractivity contribution is -0.684. The highest BCUT2D eigenvalue weighted by molar-refractivity contribution is 5.94. The molecule has 1 amide bonds. The SMILES string of the molecule is Cc1cc[n+](CC(=O)N(CC(C)C)c2c(N)n(Cc3ccccc3)c(=O)[nH]c2=O)cc1. The molecular formula is C23H28N5O3+. The third-order valence-corrected chi connectivity index (χ3v) is 4.89. The van der Waals surface area contributed by atoms with Crippen LogP contribution >= 0.6 is 0 Å². The highest BCUT2D eigenvalue weighted by Gasteiger charge is 2.27. The Kier molecular flexibility index (Phi) is 6.69. The van der Waals surface area contributed by atoms with Crippen molar-refractivity contribution in [3.63, 3.8) is 0 Å². The number of H-pyrrole nitrogens is 1. The van der Waals surface area contributed by atoms with Gasteiger partial charge in [-0.05, 0) is 24.0 Å². The van der Waals surface area contributed by atoms with Gasteiger partial charge in [-0.25, -0.2) is 4.79 Å². The number of aromatic amines is 1. The van der Waals surface area contributed by atoms with E-state index in [0.717, 1.165) is 11.1 Å². The Morgan fingerprint density at radius 1 is 1.13 bits per heavy atom. The molecule has 8 heteroatoms. The molecule has 3 rings (SSSR count). The summed E-state index contributed by atoms with van der Waals surface area (Å²) in [6.07, 6.45) is 3.62. The molecule has 2 heterocycles. The van der Waals surface area contributed by atoms with E-state index >= 15 is 0 Å². The number of nitrogen functional groups attached to an aromatic ring is 1. The summed E-state index contributed by atoms with van der Waals surface area (Å²) < 4.78 is 3.03. The van der Waals surface area contributed by atoms with Crippen LogP contribution in [-0.4, -0.2) is 22.0 Å². The number of nitrogens with two attached hydrogens (primary N) is 1. The molecular weight excluding hydrogens is 394 g/mol. The topological polar surface area (TPSA) is 105 Å². The van der Waals surface area contributed by atoms with Gasteiger partial charge in [-0.15, -0.1) is 0 Å². The van der Waals surface area contributed by atoms with E-state index in [1.807, 2.05) is 75.6 Å². The van der Waals surface area contributed by atoms with E-state index in [-0.39, 0.29) is 36.4 Å². The van der Waals surface area contributed by atoms with Crippen molar-refractivity contribution in [2.24, 2.45) is 5.92 Å². The number of aromatic nitrogens is 3. The molecule has 31 heavy (non-hydrogen) atoms. The summed E-state index contributed by atoms with van der Waals surface area (Å²) in [6.45, 7) is 6.39. The Labute approximate surface area is 180 Å². The Morgan fingerprint density at radius 3 is 2.39 bits per heavy atom. The average molecular weight is 423 g/mol. The van der Waals surface area contributed by atoms with E-state index in [1.165, 1.54) is 9.47 Å². The first kappa shape index (κ1) is 22.0. The number of rotatable bonds is 7. The van der Waals surface area contributed by atoms with E-state index in [1.54, 1.807) is 4.57 Å². The van der Waals surface area contributed by atoms with Crippen molar-refractivity contribution < 1.29 is 9.36 Å². The van der Waals surface area contributed by atoms with Gasteiger partial charge >= 0.3 is 5.69 Å². The highest BCUT2D eigenvalue weighted by Crippen LogP contribution is 2.19. The molecule has 2 aromatic heterocycles. The van der Waals surface area contributed by atoms with Crippen LogP contribution < -0.4 is 26.4 Å². The number of carbonyl (C=O) groups excluding carboxylic acids is 1. The van der Waals surface area contributed by atoms with Crippen molar-refractivity contribution >= 4 is 17.4 Å².